The highest BCUT2D eigenvalue weighted by Crippen LogP contribution is 2.39. The summed E-state index contributed by atoms with van der Waals surface area (Å²) in [5.74, 6) is 2.37. The molecule has 1 aliphatic rings. The summed E-state index contributed by atoms with van der Waals surface area (Å²) in [6.45, 7) is 2.05. The third kappa shape index (κ3) is 2.69. The van der Waals surface area contributed by atoms with Crippen LogP contribution in [0.3, 0.4) is 0 Å². The lowest BCUT2D eigenvalue weighted by Crippen LogP contribution is -2.18. The van der Waals surface area contributed by atoms with Gasteiger partial charge in [0, 0.05) is 16.3 Å². The molecule has 0 spiro atoms. The smallest absolute Gasteiger partial charge is 0.171 e. The Labute approximate surface area is 121 Å². The number of aromatic nitrogens is 2. The molecule has 5 heteroatoms. The topological polar surface area (TPSA) is 35.0 Å². The highest BCUT2D eigenvalue weighted by atomic mass is 35.5. The van der Waals surface area contributed by atoms with E-state index >= 15 is 0 Å². The van der Waals surface area contributed by atoms with Gasteiger partial charge in [0.15, 0.2) is 11.9 Å². The molecule has 98 valence electrons. The van der Waals surface area contributed by atoms with E-state index in [-0.39, 0.29) is 6.10 Å². The van der Waals surface area contributed by atoms with E-state index in [0.717, 1.165) is 28.5 Å². The maximum atomic E-state index is 6.03. The molecule has 0 radical (unpaired) electrons. The maximum absolute atomic E-state index is 6.03. The minimum Gasteiger partial charge on any atom is -0.480 e. The van der Waals surface area contributed by atoms with Gasteiger partial charge in [0.05, 0.1) is 0 Å². The van der Waals surface area contributed by atoms with Gasteiger partial charge in [-0.2, -0.15) is 0 Å². The summed E-state index contributed by atoms with van der Waals surface area (Å²) >= 11 is 7.80. The van der Waals surface area contributed by atoms with Crippen molar-refractivity contribution in [3.63, 3.8) is 0 Å². The Morgan fingerprint density at radius 2 is 2.21 bits per heavy atom. The Balaban J connectivity index is 1.90. The number of thioether (sulfide) groups is 1. The predicted molar refractivity (Wildman–Crippen MR) is 77.0 cm³/mol. The molecule has 0 saturated carbocycles. The molecule has 19 heavy (non-hydrogen) atoms. The van der Waals surface area contributed by atoms with Crippen molar-refractivity contribution in [3.05, 3.63) is 47.0 Å². The fourth-order valence-corrected chi connectivity index (χ4v) is 3.15. The quantitative estimate of drug-likeness (QED) is 0.786. The van der Waals surface area contributed by atoms with E-state index in [1.165, 1.54) is 0 Å². The SMILES string of the molecule is CCc1cc(Cl)nc(C2CSc3ccccc3O2)n1. The molecule has 0 N–H and O–H groups in total. The molecule has 3 nitrogen and oxygen atoms in total. The lowest BCUT2D eigenvalue weighted by Gasteiger charge is -2.24. The molecule has 2 aromatic rings. The van der Waals surface area contributed by atoms with E-state index in [9.17, 15) is 0 Å². The van der Waals surface area contributed by atoms with Gasteiger partial charge in [-0.1, -0.05) is 30.7 Å². The van der Waals surface area contributed by atoms with Crippen LogP contribution in [0, 0.1) is 0 Å². The number of hydrogen-bond acceptors (Lipinski definition) is 4. The summed E-state index contributed by atoms with van der Waals surface area (Å²) in [4.78, 5) is 9.97. The van der Waals surface area contributed by atoms with Crippen molar-refractivity contribution < 1.29 is 4.74 Å². The van der Waals surface area contributed by atoms with Crippen molar-refractivity contribution in [2.24, 2.45) is 0 Å². The number of hydrogen-bond donors (Lipinski definition) is 0. The molecule has 0 saturated heterocycles. The van der Waals surface area contributed by atoms with Gasteiger partial charge in [0.1, 0.15) is 10.9 Å². The normalized spacial score (nSPS) is 17.7. The monoisotopic (exact) mass is 292 g/mol. The van der Waals surface area contributed by atoms with Crippen LogP contribution in [0.4, 0.5) is 0 Å². The van der Waals surface area contributed by atoms with Crippen LogP contribution in [-0.2, 0) is 6.42 Å². The first-order chi connectivity index (χ1) is 9.26. The van der Waals surface area contributed by atoms with Gasteiger partial charge in [-0.25, -0.2) is 9.97 Å². The molecule has 0 bridgehead atoms. The van der Waals surface area contributed by atoms with E-state index in [2.05, 4.69) is 16.0 Å². The molecule has 2 heterocycles. The van der Waals surface area contributed by atoms with Crippen LogP contribution in [0.25, 0.3) is 0 Å². The summed E-state index contributed by atoms with van der Waals surface area (Å²) in [5, 5.41) is 0.481. The van der Waals surface area contributed by atoms with Gasteiger partial charge < -0.3 is 4.74 Å². The van der Waals surface area contributed by atoms with Gasteiger partial charge in [-0.05, 0) is 24.6 Å². The lowest BCUT2D eigenvalue weighted by atomic mass is 10.3. The zero-order valence-electron chi connectivity index (χ0n) is 10.5. The fraction of sp³-hybridized carbons (Fsp3) is 0.286. The van der Waals surface area contributed by atoms with E-state index < -0.39 is 0 Å². The molecule has 1 unspecified atom stereocenters. The molecule has 0 amide bonds. The molecule has 1 aromatic heterocycles. The minimum absolute atomic E-state index is 0.135. The standard InChI is InChI=1S/C14H13ClN2OS/c1-2-9-7-13(15)17-14(16-9)11-8-19-12-6-4-3-5-10(12)18-11/h3-7,11H,2,8H2,1H3. The van der Waals surface area contributed by atoms with Crippen molar-refractivity contribution in [3.8, 4) is 5.75 Å². The average Bonchev–Trinajstić information content (AvgIpc) is 2.46. The van der Waals surface area contributed by atoms with Crippen LogP contribution in [0.1, 0.15) is 24.5 Å². The Bertz CT molecular complexity index is 606. The van der Waals surface area contributed by atoms with E-state index in [1.54, 1.807) is 17.8 Å². The number of fused-ring (bicyclic) bond motifs is 1. The lowest BCUT2D eigenvalue weighted by molar-refractivity contribution is 0.210. The van der Waals surface area contributed by atoms with Crippen LogP contribution in [0.2, 0.25) is 5.15 Å². The van der Waals surface area contributed by atoms with Crippen LogP contribution in [0.15, 0.2) is 35.2 Å². The number of benzene rings is 1. The summed E-state index contributed by atoms with van der Waals surface area (Å²) in [7, 11) is 0. The van der Waals surface area contributed by atoms with Crippen molar-refractivity contribution in [2.75, 3.05) is 5.75 Å². The number of halogens is 1. The van der Waals surface area contributed by atoms with Gasteiger partial charge >= 0.3 is 0 Å². The summed E-state index contributed by atoms with van der Waals surface area (Å²) in [5.41, 5.74) is 0.947. The molecule has 1 aromatic carbocycles. The van der Waals surface area contributed by atoms with Crippen LogP contribution >= 0.6 is 23.4 Å². The predicted octanol–water partition coefficient (Wildman–Crippen LogP) is 3.92. The van der Waals surface area contributed by atoms with Crippen molar-refractivity contribution in [1.29, 1.82) is 0 Å². The molecule has 1 atom stereocenters. The number of para-hydroxylation sites is 1. The van der Waals surface area contributed by atoms with Crippen molar-refractivity contribution in [2.45, 2.75) is 24.3 Å². The van der Waals surface area contributed by atoms with Gasteiger partial charge in [0.25, 0.3) is 0 Å². The Hall–Kier alpha value is -1.26. The molecule has 0 aliphatic carbocycles. The fourth-order valence-electron chi connectivity index (χ4n) is 1.96. The molecule has 0 fully saturated rings. The minimum atomic E-state index is -0.135. The second-order valence-corrected chi connectivity index (χ2v) is 5.71. The average molecular weight is 293 g/mol. The van der Waals surface area contributed by atoms with E-state index in [4.69, 9.17) is 16.3 Å². The number of ether oxygens (including phenoxy) is 1. The zero-order chi connectivity index (χ0) is 13.2. The Kier molecular flexibility index (Phi) is 3.62. The van der Waals surface area contributed by atoms with Gasteiger partial charge in [0.2, 0.25) is 0 Å². The van der Waals surface area contributed by atoms with E-state index in [1.807, 2.05) is 25.1 Å². The summed E-state index contributed by atoms with van der Waals surface area (Å²) < 4.78 is 5.97. The van der Waals surface area contributed by atoms with Gasteiger partial charge in [-0.3, -0.25) is 0 Å². The van der Waals surface area contributed by atoms with Crippen LogP contribution in [0.5, 0.6) is 5.75 Å². The largest absolute Gasteiger partial charge is 0.480 e. The number of nitrogens with zero attached hydrogens (tertiary/aromatic N) is 2. The third-order valence-corrected chi connectivity index (χ3v) is 4.24. The third-order valence-electron chi connectivity index (χ3n) is 2.92. The van der Waals surface area contributed by atoms with Crippen LogP contribution in [-0.4, -0.2) is 15.7 Å². The highest BCUT2D eigenvalue weighted by Gasteiger charge is 2.24. The van der Waals surface area contributed by atoms with Crippen molar-refractivity contribution >= 4 is 23.4 Å². The number of rotatable bonds is 2. The van der Waals surface area contributed by atoms with Crippen molar-refractivity contribution in [1.82, 2.24) is 9.97 Å². The summed E-state index contributed by atoms with van der Waals surface area (Å²) in [6, 6.07) is 9.82. The van der Waals surface area contributed by atoms with E-state index in [0.29, 0.717) is 11.0 Å². The maximum Gasteiger partial charge on any atom is 0.171 e. The Morgan fingerprint density at radius 3 is 3.05 bits per heavy atom. The van der Waals surface area contributed by atoms with Gasteiger partial charge in [-0.15, -0.1) is 11.8 Å². The molecular weight excluding hydrogens is 280 g/mol. The Morgan fingerprint density at radius 1 is 1.37 bits per heavy atom. The van der Waals surface area contributed by atoms with Crippen LogP contribution < -0.4 is 4.74 Å². The first-order valence-electron chi connectivity index (χ1n) is 6.18. The first-order valence-corrected chi connectivity index (χ1v) is 7.54. The molecular formula is C14H13ClN2OS. The highest BCUT2D eigenvalue weighted by molar-refractivity contribution is 7.99. The molecule has 3 rings (SSSR count). The molecule has 1 aliphatic heterocycles. The zero-order valence-corrected chi connectivity index (χ0v) is 12.0. The second kappa shape index (κ2) is 5.39. The number of aryl methyl sites for hydroxylation is 1. The first kappa shape index (κ1) is 12.8. The second-order valence-electron chi connectivity index (χ2n) is 4.26. The summed E-state index contributed by atoms with van der Waals surface area (Å²) in [6.07, 6.45) is 0.704.